The number of carbonyl (C=O) groups excluding carboxylic acids is 1. The van der Waals surface area contributed by atoms with Crippen LogP contribution in [0.4, 0.5) is 4.39 Å². The van der Waals surface area contributed by atoms with Gasteiger partial charge in [-0.05, 0) is 47.4 Å². The Morgan fingerprint density at radius 1 is 1.25 bits per heavy atom. The first kappa shape index (κ1) is 23.7. The second-order valence-corrected chi connectivity index (χ2v) is 9.65. The molecule has 0 radical (unpaired) electrons. The molecule has 3 rings (SSSR count). The number of benzene rings is 2. The van der Waals surface area contributed by atoms with Crippen molar-refractivity contribution in [3.05, 3.63) is 53.3 Å². The van der Waals surface area contributed by atoms with Crippen LogP contribution in [0.1, 0.15) is 37.3 Å². The maximum atomic E-state index is 14.0. The second-order valence-electron chi connectivity index (χ2n) is 7.72. The molecule has 1 fully saturated rings. The Labute approximate surface area is 187 Å². The lowest BCUT2D eigenvalue weighted by Gasteiger charge is -2.29. The van der Waals surface area contributed by atoms with E-state index in [1.54, 1.807) is 30.0 Å². The number of halogens is 1. The average Bonchev–Trinajstić information content (AvgIpc) is 2.79. The highest BCUT2D eigenvalue weighted by Crippen LogP contribution is 2.31. The van der Waals surface area contributed by atoms with Crippen molar-refractivity contribution < 1.29 is 22.3 Å². The maximum Gasteiger partial charge on any atom is 0.211 e. The first-order valence-electron chi connectivity index (χ1n) is 10.5. The van der Waals surface area contributed by atoms with Crippen molar-refractivity contribution in [3.63, 3.8) is 0 Å². The molecule has 1 heterocycles. The molecule has 32 heavy (non-hydrogen) atoms. The molecule has 1 amide bonds. The van der Waals surface area contributed by atoms with Crippen molar-refractivity contribution >= 4 is 16.4 Å². The highest BCUT2D eigenvalue weighted by molar-refractivity contribution is 7.89. The van der Waals surface area contributed by atoms with E-state index in [2.05, 4.69) is 10.8 Å². The predicted molar refractivity (Wildman–Crippen MR) is 119 cm³/mol. The predicted octanol–water partition coefficient (Wildman–Crippen LogP) is 3.19. The third-order valence-electron chi connectivity index (χ3n) is 5.36. The minimum Gasteiger partial charge on any atom is -0.489 e. The SMILES string of the molecule is CCCS(=O)(=O)NCc1ccc(F)cc1-c1ccc(OC2CCN(C=O)CC2)c(C#N)c1. The number of nitrogens with one attached hydrogen (secondary N) is 1. The van der Waals surface area contributed by atoms with Crippen LogP contribution >= 0.6 is 0 Å². The van der Waals surface area contributed by atoms with Gasteiger partial charge in [0.05, 0.1) is 11.3 Å². The van der Waals surface area contributed by atoms with E-state index in [9.17, 15) is 22.9 Å². The average molecular weight is 460 g/mol. The lowest BCUT2D eigenvalue weighted by Crippen LogP contribution is -2.37. The second kappa shape index (κ2) is 10.6. The minimum absolute atomic E-state index is 0.0138. The third kappa shape index (κ3) is 6.05. The Hall–Kier alpha value is -2.96. The fraction of sp³-hybridized carbons (Fsp3) is 0.391. The van der Waals surface area contributed by atoms with Gasteiger partial charge in [0.25, 0.3) is 0 Å². The number of piperidine rings is 1. The molecule has 2 aromatic rings. The number of nitrogens with zero attached hydrogens (tertiary/aromatic N) is 2. The summed E-state index contributed by atoms with van der Waals surface area (Å²) in [4.78, 5) is 12.5. The molecule has 2 aromatic carbocycles. The summed E-state index contributed by atoms with van der Waals surface area (Å²) in [5.41, 5.74) is 2.01. The molecule has 1 N–H and O–H groups in total. The summed E-state index contributed by atoms with van der Waals surface area (Å²) in [5.74, 6) is -0.0109. The van der Waals surface area contributed by atoms with E-state index in [0.717, 1.165) is 6.41 Å². The Bertz CT molecular complexity index is 1110. The van der Waals surface area contributed by atoms with E-state index in [-0.39, 0.29) is 18.4 Å². The van der Waals surface area contributed by atoms with Crippen LogP contribution in [0.2, 0.25) is 0 Å². The Morgan fingerprint density at radius 3 is 2.66 bits per heavy atom. The van der Waals surface area contributed by atoms with Gasteiger partial charge in [-0.15, -0.1) is 0 Å². The molecule has 0 unspecified atom stereocenters. The molecule has 0 aromatic heterocycles. The first-order valence-corrected chi connectivity index (χ1v) is 12.2. The van der Waals surface area contributed by atoms with Gasteiger partial charge in [-0.2, -0.15) is 5.26 Å². The molecule has 0 saturated carbocycles. The van der Waals surface area contributed by atoms with E-state index in [0.29, 0.717) is 60.4 Å². The third-order valence-corrected chi connectivity index (χ3v) is 6.89. The maximum absolute atomic E-state index is 14.0. The largest absolute Gasteiger partial charge is 0.489 e. The monoisotopic (exact) mass is 459 g/mol. The van der Waals surface area contributed by atoms with E-state index in [1.165, 1.54) is 18.2 Å². The lowest BCUT2D eigenvalue weighted by molar-refractivity contribution is -0.119. The van der Waals surface area contributed by atoms with Crippen molar-refractivity contribution in [1.82, 2.24) is 9.62 Å². The van der Waals surface area contributed by atoms with E-state index in [1.807, 2.05) is 0 Å². The molecule has 0 atom stereocenters. The topological polar surface area (TPSA) is 99.5 Å². The van der Waals surface area contributed by atoms with E-state index in [4.69, 9.17) is 4.74 Å². The normalized spacial score (nSPS) is 14.7. The molecule has 9 heteroatoms. The van der Waals surface area contributed by atoms with Gasteiger partial charge in [-0.1, -0.05) is 19.1 Å². The van der Waals surface area contributed by atoms with Gasteiger partial charge in [0, 0.05) is 32.5 Å². The molecule has 1 saturated heterocycles. The van der Waals surface area contributed by atoms with Gasteiger partial charge in [-0.3, -0.25) is 4.79 Å². The molecule has 1 aliphatic heterocycles. The number of ether oxygens (including phenoxy) is 1. The number of hydrogen-bond donors (Lipinski definition) is 1. The molecule has 7 nitrogen and oxygen atoms in total. The number of rotatable bonds is 9. The van der Waals surface area contributed by atoms with Crippen LogP contribution < -0.4 is 9.46 Å². The Balaban J connectivity index is 1.83. The Kier molecular flexibility index (Phi) is 7.83. The zero-order valence-corrected chi connectivity index (χ0v) is 18.7. The summed E-state index contributed by atoms with van der Waals surface area (Å²) >= 11 is 0. The fourth-order valence-electron chi connectivity index (χ4n) is 3.67. The standard InChI is InChI=1S/C23H26FN3O4S/c1-2-11-32(29,30)26-15-18-3-5-20(24)13-22(18)17-4-6-23(19(12-17)14-25)31-21-7-9-27(16-28)10-8-21/h3-6,12-13,16,21,26H,2,7-11,15H2,1H3. The molecule has 170 valence electrons. The van der Waals surface area contributed by atoms with Crippen LogP contribution in [0.15, 0.2) is 36.4 Å². The highest BCUT2D eigenvalue weighted by Gasteiger charge is 2.21. The first-order chi connectivity index (χ1) is 15.3. The van der Waals surface area contributed by atoms with Crippen molar-refractivity contribution in [3.8, 4) is 22.9 Å². The van der Waals surface area contributed by atoms with Crippen LogP contribution in [0, 0.1) is 17.1 Å². The van der Waals surface area contributed by atoms with E-state index >= 15 is 0 Å². The molecular formula is C23H26FN3O4S. The number of nitriles is 1. The molecule has 0 aliphatic carbocycles. The van der Waals surface area contributed by atoms with Crippen molar-refractivity contribution in [2.24, 2.45) is 0 Å². The minimum atomic E-state index is -3.42. The zero-order chi connectivity index (χ0) is 23.1. The van der Waals surface area contributed by atoms with Crippen molar-refractivity contribution in [1.29, 1.82) is 5.26 Å². The summed E-state index contributed by atoms with van der Waals surface area (Å²) in [6.45, 7) is 3.01. The smallest absolute Gasteiger partial charge is 0.211 e. The van der Waals surface area contributed by atoms with Gasteiger partial charge < -0.3 is 9.64 Å². The van der Waals surface area contributed by atoms with Gasteiger partial charge in [0.15, 0.2) is 0 Å². The summed E-state index contributed by atoms with van der Waals surface area (Å²) in [6.07, 6.45) is 2.58. The fourth-order valence-corrected chi connectivity index (χ4v) is 4.72. The summed E-state index contributed by atoms with van der Waals surface area (Å²) in [7, 11) is -3.42. The van der Waals surface area contributed by atoms with Crippen molar-refractivity contribution in [2.75, 3.05) is 18.8 Å². The molecule has 1 aliphatic rings. The number of carbonyl (C=O) groups is 1. The molecule has 0 spiro atoms. The zero-order valence-electron chi connectivity index (χ0n) is 17.9. The Morgan fingerprint density at radius 2 is 2.00 bits per heavy atom. The summed E-state index contributed by atoms with van der Waals surface area (Å²) in [6, 6.07) is 11.3. The lowest BCUT2D eigenvalue weighted by atomic mass is 9.97. The summed E-state index contributed by atoms with van der Waals surface area (Å²) in [5, 5.41) is 9.64. The quantitative estimate of drug-likeness (QED) is 0.581. The van der Waals surface area contributed by atoms with Crippen LogP contribution in [0.3, 0.4) is 0 Å². The highest BCUT2D eigenvalue weighted by atomic mass is 32.2. The number of amides is 1. The number of hydrogen-bond acceptors (Lipinski definition) is 5. The number of sulfonamides is 1. The molecule has 0 bridgehead atoms. The van der Waals surface area contributed by atoms with Crippen LogP contribution in [-0.2, 0) is 21.4 Å². The van der Waals surface area contributed by atoms with Gasteiger partial charge >= 0.3 is 0 Å². The van der Waals surface area contributed by atoms with E-state index < -0.39 is 15.8 Å². The summed E-state index contributed by atoms with van der Waals surface area (Å²) < 4.78 is 46.6. The molecular weight excluding hydrogens is 433 g/mol. The van der Waals surface area contributed by atoms with Gasteiger partial charge in [0.1, 0.15) is 23.7 Å². The van der Waals surface area contributed by atoms with Crippen molar-refractivity contribution in [2.45, 2.75) is 38.8 Å². The van der Waals surface area contributed by atoms with Crippen LogP contribution in [-0.4, -0.2) is 44.7 Å². The van der Waals surface area contributed by atoms with Gasteiger partial charge in [-0.25, -0.2) is 17.5 Å². The number of likely N-dealkylation sites (tertiary alicyclic amines) is 1. The van der Waals surface area contributed by atoms with Crippen LogP contribution in [0.5, 0.6) is 5.75 Å². The van der Waals surface area contributed by atoms with Gasteiger partial charge in [0.2, 0.25) is 16.4 Å². The van der Waals surface area contributed by atoms with Crippen LogP contribution in [0.25, 0.3) is 11.1 Å².